The van der Waals surface area contributed by atoms with Gasteiger partial charge in [-0.15, -0.1) is 21.5 Å². The van der Waals surface area contributed by atoms with Crippen molar-refractivity contribution in [2.45, 2.75) is 18.1 Å². The summed E-state index contributed by atoms with van der Waals surface area (Å²) in [5.74, 6) is 1.90. The summed E-state index contributed by atoms with van der Waals surface area (Å²) >= 11 is 3.45. The molecule has 0 aliphatic rings. The minimum absolute atomic E-state index is 0.776. The molecule has 0 aliphatic carbocycles. The average Bonchev–Trinajstić information content (AvgIpc) is 3.34. The lowest BCUT2D eigenvalue weighted by atomic mass is 10.2. The van der Waals surface area contributed by atoms with Crippen LogP contribution in [0.1, 0.15) is 11.1 Å². The van der Waals surface area contributed by atoms with Gasteiger partial charge in [0.25, 0.3) is 0 Å². The molecule has 0 saturated heterocycles. The van der Waals surface area contributed by atoms with Gasteiger partial charge in [0.2, 0.25) is 0 Å². The number of hydrogen-bond donors (Lipinski definition) is 0. The number of hydrogen-bond acceptors (Lipinski definition) is 5. The summed E-state index contributed by atoms with van der Waals surface area (Å²) in [5, 5.41) is 12.0. The number of thiophene rings is 1. The first-order chi connectivity index (χ1) is 12.9. The standard InChI is InChI=1S/C20H18N4S2/c1-2-5-17(6-3-1)15-24-19(18-7-4-13-25-18)22-23-20(24)26-14-10-16-8-11-21-12-9-16/h1-9,11-13H,10,14-15H2. The summed E-state index contributed by atoms with van der Waals surface area (Å²) < 4.78 is 2.22. The van der Waals surface area contributed by atoms with Crippen LogP contribution in [0, 0.1) is 0 Å². The smallest absolute Gasteiger partial charge is 0.191 e. The summed E-state index contributed by atoms with van der Waals surface area (Å²) in [6.07, 6.45) is 4.67. The lowest BCUT2D eigenvalue weighted by Crippen LogP contribution is -2.04. The molecule has 0 spiro atoms. The second-order valence-corrected chi connectivity index (χ2v) is 7.82. The second-order valence-electron chi connectivity index (χ2n) is 5.81. The lowest BCUT2D eigenvalue weighted by Gasteiger charge is -2.09. The maximum atomic E-state index is 4.47. The van der Waals surface area contributed by atoms with Crippen molar-refractivity contribution in [3.8, 4) is 10.7 Å². The summed E-state index contributed by atoms with van der Waals surface area (Å²) in [7, 11) is 0. The van der Waals surface area contributed by atoms with Gasteiger partial charge < -0.3 is 0 Å². The van der Waals surface area contributed by atoms with Gasteiger partial charge >= 0.3 is 0 Å². The molecule has 1 aromatic carbocycles. The van der Waals surface area contributed by atoms with Crippen molar-refractivity contribution in [3.05, 3.63) is 83.5 Å². The van der Waals surface area contributed by atoms with Gasteiger partial charge in [-0.25, -0.2) is 0 Å². The molecule has 0 N–H and O–H groups in total. The van der Waals surface area contributed by atoms with Crippen LogP contribution in [0.15, 0.2) is 77.5 Å². The summed E-state index contributed by atoms with van der Waals surface area (Å²) in [4.78, 5) is 5.22. The van der Waals surface area contributed by atoms with E-state index in [-0.39, 0.29) is 0 Å². The van der Waals surface area contributed by atoms with Gasteiger partial charge in [0.1, 0.15) is 0 Å². The van der Waals surface area contributed by atoms with E-state index in [1.807, 2.05) is 18.5 Å². The van der Waals surface area contributed by atoms with E-state index in [9.17, 15) is 0 Å². The van der Waals surface area contributed by atoms with Crippen LogP contribution in [0.5, 0.6) is 0 Å². The predicted molar refractivity (Wildman–Crippen MR) is 108 cm³/mol. The second kappa shape index (κ2) is 8.29. The van der Waals surface area contributed by atoms with Crippen molar-refractivity contribution in [2.75, 3.05) is 5.75 Å². The lowest BCUT2D eigenvalue weighted by molar-refractivity contribution is 0.715. The van der Waals surface area contributed by atoms with Gasteiger partial charge in [-0.2, -0.15) is 0 Å². The fourth-order valence-corrected chi connectivity index (χ4v) is 4.34. The first kappa shape index (κ1) is 17.0. The molecule has 130 valence electrons. The molecule has 0 radical (unpaired) electrons. The molecule has 0 aliphatic heterocycles. The number of nitrogens with zero attached hydrogens (tertiary/aromatic N) is 4. The maximum absolute atomic E-state index is 4.47. The predicted octanol–water partition coefficient (Wildman–Crippen LogP) is 4.78. The Hall–Kier alpha value is -2.44. The van der Waals surface area contributed by atoms with E-state index in [4.69, 9.17) is 0 Å². The van der Waals surface area contributed by atoms with Crippen LogP contribution in [0.2, 0.25) is 0 Å². The highest BCUT2D eigenvalue weighted by Gasteiger charge is 2.15. The van der Waals surface area contributed by atoms with E-state index < -0.39 is 0 Å². The molecule has 0 unspecified atom stereocenters. The van der Waals surface area contributed by atoms with Gasteiger partial charge in [-0.3, -0.25) is 9.55 Å². The van der Waals surface area contributed by atoms with Gasteiger partial charge in [0.15, 0.2) is 11.0 Å². The highest BCUT2D eigenvalue weighted by atomic mass is 32.2. The molecule has 3 heterocycles. The van der Waals surface area contributed by atoms with E-state index in [0.717, 1.165) is 34.6 Å². The molecule has 3 aromatic heterocycles. The highest BCUT2D eigenvalue weighted by Crippen LogP contribution is 2.28. The number of thioether (sulfide) groups is 1. The molecular formula is C20H18N4S2. The van der Waals surface area contributed by atoms with Crippen molar-refractivity contribution < 1.29 is 0 Å². The van der Waals surface area contributed by atoms with Gasteiger partial charge in [-0.05, 0) is 41.1 Å². The van der Waals surface area contributed by atoms with Crippen LogP contribution in [0.4, 0.5) is 0 Å². The van der Waals surface area contributed by atoms with Crippen LogP contribution in [0.25, 0.3) is 10.7 Å². The van der Waals surface area contributed by atoms with Crippen LogP contribution in [-0.2, 0) is 13.0 Å². The quantitative estimate of drug-likeness (QED) is 0.434. The zero-order valence-corrected chi connectivity index (χ0v) is 15.8. The zero-order chi connectivity index (χ0) is 17.6. The van der Waals surface area contributed by atoms with Gasteiger partial charge in [-0.1, -0.05) is 48.2 Å². The molecule has 26 heavy (non-hydrogen) atoms. The monoisotopic (exact) mass is 378 g/mol. The zero-order valence-electron chi connectivity index (χ0n) is 14.2. The third-order valence-electron chi connectivity index (χ3n) is 4.01. The Kier molecular flexibility index (Phi) is 5.42. The van der Waals surface area contributed by atoms with Crippen LogP contribution < -0.4 is 0 Å². The maximum Gasteiger partial charge on any atom is 0.191 e. The summed E-state index contributed by atoms with van der Waals surface area (Å²) in [5.41, 5.74) is 2.54. The summed E-state index contributed by atoms with van der Waals surface area (Å²) in [6, 6.07) is 18.7. The van der Waals surface area contributed by atoms with E-state index >= 15 is 0 Å². The van der Waals surface area contributed by atoms with E-state index in [1.165, 1.54) is 11.1 Å². The molecule has 4 nitrogen and oxygen atoms in total. The van der Waals surface area contributed by atoms with Crippen LogP contribution in [-0.4, -0.2) is 25.5 Å². The van der Waals surface area contributed by atoms with Crippen molar-refractivity contribution >= 4 is 23.1 Å². The third kappa shape index (κ3) is 4.03. The number of rotatable bonds is 7. The molecule has 0 atom stereocenters. The Bertz CT molecular complexity index is 935. The van der Waals surface area contributed by atoms with Gasteiger partial charge in [0, 0.05) is 18.1 Å². The molecule has 0 amide bonds. The van der Waals surface area contributed by atoms with E-state index in [2.05, 4.69) is 73.7 Å². The normalized spacial score (nSPS) is 10.9. The largest absolute Gasteiger partial charge is 0.297 e. The van der Waals surface area contributed by atoms with Gasteiger partial charge in [0.05, 0.1) is 11.4 Å². The third-order valence-corrected chi connectivity index (χ3v) is 5.85. The fourth-order valence-electron chi connectivity index (χ4n) is 2.70. The molecule has 0 fully saturated rings. The van der Waals surface area contributed by atoms with E-state index in [0.29, 0.717) is 0 Å². The van der Waals surface area contributed by atoms with Crippen LogP contribution >= 0.6 is 23.1 Å². The number of aryl methyl sites for hydroxylation is 1. The Labute approximate surface area is 161 Å². The van der Waals surface area contributed by atoms with Crippen LogP contribution in [0.3, 0.4) is 0 Å². The van der Waals surface area contributed by atoms with Crippen molar-refractivity contribution in [1.82, 2.24) is 19.7 Å². The van der Waals surface area contributed by atoms with Crippen molar-refractivity contribution in [1.29, 1.82) is 0 Å². The number of aromatic nitrogens is 4. The van der Waals surface area contributed by atoms with Crippen molar-refractivity contribution in [2.24, 2.45) is 0 Å². The minimum atomic E-state index is 0.776. The molecule has 0 saturated carbocycles. The number of pyridine rings is 1. The summed E-state index contributed by atoms with van der Waals surface area (Å²) in [6.45, 7) is 0.776. The molecular weight excluding hydrogens is 360 g/mol. The number of benzene rings is 1. The molecule has 4 aromatic rings. The SMILES string of the molecule is c1ccc(Cn2c(SCCc3ccncc3)nnc2-c2cccs2)cc1. The molecule has 6 heteroatoms. The molecule has 0 bridgehead atoms. The highest BCUT2D eigenvalue weighted by molar-refractivity contribution is 7.99. The van der Waals surface area contributed by atoms with Crippen molar-refractivity contribution in [3.63, 3.8) is 0 Å². The Morgan fingerprint density at radius 2 is 1.73 bits per heavy atom. The first-order valence-corrected chi connectivity index (χ1v) is 10.3. The Morgan fingerprint density at radius 3 is 2.50 bits per heavy atom. The molecule has 4 rings (SSSR count). The Morgan fingerprint density at radius 1 is 0.885 bits per heavy atom. The minimum Gasteiger partial charge on any atom is -0.297 e. The van der Waals surface area contributed by atoms with E-state index in [1.54, 1.807) is 23.1 Å². The topological polar surface area (TPSA) is 43.6 Å². The Balaban J connectivity index is 1.55. The fraction of sp³-hybridized carbons (Fsp3) is 0.150. The average molecular weight is 379 g/mol. The first-order valence-electron chi connectivity index (χ1n) is 8.43.